The summed E-state index contributed by atoms with van der Waals surface area (Å²) in [6.45, 7) is 2.00. The van der Waals surface area contributed by atoms with E-state index in [9.17, 15) is 14.3 Å². The number of carbonyl (C=O) groups excluding carboxylic acids is 1. The van der Waals surface area contributed by atoms with Gasteiger partial charge in [0.15, 0.2) is 0 Å². The maximum absolute atomic E-state index is 11.3. The van der Waals surface area contributed by atoms with Gasteiger partial charge in [0.1, 0.15) is 13.2 Å². The van der Waals surface area contributed by atoms with Crippen LogP contribution in [0.3, 0.4) is 0 Å². The number of ether oxygens (including phenoxy) is 1. The largest absolute Gasteiger partial charge is 0.756 e. The predicted molar refractivity (Wildman–Crippen MR) is 63.7 cm³/mol. The number of carbonyl (C=O) groups is 1. The molecule has 0 spiro atoms. The van der Waals surface area contributed by atoms with Crippen LogP contribution < -0.4 is 4.89 Å². The number of hydrogen-bond donors (Lipinski definition) is 0. The van der Waals surface area contributed by atoms with Gasteiger partial charge in [0.2, 0.25) is 0 Å². The van der Waals surface area contributed by atoms with Gasteiger partial charge in [0.05, 0.1) is 34.4 Å². The number of phosphoric ester groups is 1. The van der Waals surface area contributed by atoms with E-state index in [1.165, 1.54) is 6.92 Å². The van der Waals surface area contributed by atoms with Gasteiger partial charge in [-0.25, -0.2) is 0 Å². The third-order valence-electron chi connectivity index (χ3n) is 1.85. The lowest BCUT2D eigenvalue weighted by Gasteiger charge is -2.27. The molecule has 0 heterocycles. The first-order valence-electron chi connectivity index (χ1n) is 5.66. The molecule has 0 aromatic rings. The minimum absolute atomic E-state index is 0.0571. The molecular weight excluding hydrogens is 261 g/mol. The van der Waals surface area contributed by atoms with Gasteiger partial charge in [-0.05, 0) is 0 Å². The van der Waals surface area contributed by atoms with Gasteiger partial charge in [-0.3, -0.25) is 9.36 Å². The van der Waals surface area contributed by atoms with Gasteiger partial charge < -0.3 is 23.2 Å². The summed E-state index contributed by atoms with van der Waals surface area (Å²) in [5.74, 6) is -0.403. The topological polar surface area (TPSA) is 84.9 Å². The molecule has 0 rings (SSSR count). The summed E-state index contributed by atoms with van der Waals surface area (Å²) in [4.78, 5) is 21.7. The minimum Gasteiger partial charge on any atom is -0.756 e. The van der Waals surface area contributed by atoms with Crippen molar-refractivity contribution in [2.45, 2.75) is 13.3 Å². The highest BCUT2D eigenvalue weighted by Crippen LogP contribution is 2.38. The smallest absolute Gasteiger partial charge is 0.302 e. The molecule has 0 fully saturated rings. The highest BCUT2D eigenvalue weighted by Gasteiger charge is 2.13. The van der Waals surface area contributed by atoms with Crippen LogP contribution in [0, 0.1) is 0 Å². The minimum atomic E-state index is -4.24. The quantitative estimate of drug-likeness (QED) is 0.259. The molecule has 1 atom stereocenters. The fourth-order valence-electron chi connectivity index (χ4n) is 0.915. The molecule has 0 aromatic heterocycles. The second kappa shape index (κ2) is 7.86. The van der Waals surface area contributed by atoms with Crippen LogP contribution >= 0.6 is 7.82 Å². The number of nitrogens with zero attached hydrogens (tertiary/aromatic N) is 1. The molecule has 0 amide bonds. The zero-order chi connectivity index (χ0) is 14.2. The van der Waals surface area contributed by atoms with Crippen molar-refractivity contribution in [1.29, 1.82) is 0 Å². The fraction of sp³-hybridized carbons (Fsp3) is 0.900. The Morgan fingerprint density at radius 1 is 1.17 bits per heavy atom. The van der Waals surface area contributed by atoms with E-state index < -0.39 is 13.8 Å². The molecule has 0 N–H and O–H groups in total. The highest BCUT2D eigenvalue weighted by molar-refractivity contribution is 7.45. The van der Waals surface area contributed by atoms with Crippen molar-refractivity contribution in [1.82, 2.24) is 0 Å². The first kappa shape index (κ1) is 17.5. The zero-order valence-corrected chi connectivity index (χ0v) is 12.3. The van der Waals surface area contributed by atoms with Crippen molar-refractivity contribution in [2.24, 2.45) is 0 Å². The summed E-state index contributed by atoms with van der Waals surface area (Å²) in [6, 6.07) is 0. The first-order chi connectivity index (χ1) is 8.12. The number of phosphoric acid groups is 1. The van der Waals surface area contributed by atoms with Gasteiger partial charge in [-0.1, -0.05) is 0 Å². The third kappa shape index (κ3) is 12.0. The van der Waals surface area contributed by atoms with Crippen molar-refractivity contribution in [3.05, 3.63) is 0 Å². The first-order valence-corrected chi connectivity index (χ1v) is 7.12. The van der Waals surface area contributed by atoms with E-state index in [1.807, 2.05) is 21.1 Å². The van der Waals surface area contributed by atoms with E-state index in [1.54, 1.807) is 0 Å². The molecule has 0 radical (unpaired) electrons. The Morgan fingerprint density at radius 3 is 2.22 bits per heavy atom. The van der Waals surface area contributed by atoms with Gasteiger partial charge in [-0.15, -0.1) is 0 Å². The van der Waals surface area contributed by atoms with Crippen molar-refractivity contribution < 1.29 is 32.5 Å². The monoisotopic (exact) mass is 283 g/mol. The van der Waals surface area contributed by atoms with E-state index in [2.05, 4.69) is 13.8 Å². The SMILES string of the molecule is CC(=O)OCCCOP(=O)([O-])OCC[N+](C)(C)C. The van der Waals surface area contributed by atoms with Crippen molar-refractivity contribution >= 4 is 13.8 Å². The number of likely N-dealkylation sites (N-methyl/N-ethyl adjacent to an activating group) is 1. The predicted octanol–water partition coefficient (Wildman–Crippen LogP) is 0.147. The Labute approximate surface area is 108 Å². The van der Waals surface area contributed by atoms with Crippen molar-refractivity contribution in [3.63, 3.8) is 0 Å². The van der Waals surface area contributed by atoms with Crippen LogP contribution in [-0.2, 0) is 23.1 Å². The zero-order valence-electron chi connectivity index (χ0n) is 11.4. The summed E-state index contributed by atoms with van der Waals surface area (Å²) >= 11 is 0. The molecule has 7 nitrogen and oxygen atoms in total. The molecule has 0 bridgehead atoms. The summed E-state index contributed by atoms with van der Waals surface area (Å²) in [7, 11) is 1.55. The van der Waals surface area contributed by atoms with Gasteiger partial charge in [0.25, 0.3) is 7.82 Å². The Kier molecular flexibility index (Phi) is 7.66. The molecule has 0 aliphatic carbocycles. The summed E-state index contributed by atoms with van der Waals surface area (Å²) in [6.07, 6.45) is 0.310. The third-order valence-corrected chi connectivity index (χ3v) is 2.85. The second-order valence-electron chi connectivity index (χ2n) is 4.82. The van der Waals surface area contributed by atoms with Gasteiger partial charge in [0, 0.05) is 13.3 Å². The Balaban J connectivity index is 3.67. The number of quaternary nitrogens is 1. The summed E-state index contributed by atoms with van der Waals surface area (Å²) in [5, 5.41) is 0. The van der Waals surface area contributed by atoms with Crippen LogP contribution in [0.5, 0.6) is 0 Å². The van der Waals surface area contributed by atoms with E-state index in [0.29, 0.717) is 17.4 Å². The van der Waals surface area contributed by atoms with Crippen LogP contribution in [0.2, 0.25) is 0 Å². The van der Waals surface area contributed by atoms with Crippen LogP contribution in [0.25, 0.3) is 0 Å². The average Bonchev–Trinajstić information content (AvgIpc) is 2.13. The summed E-state index contributed by atoms with van der Waals surface area (Å²) in [5.41, 5.74) is 0. The Bertz CT molecular complexity index is 301. The van der Waals surface area contributed by atoms with Crippen LogP contribution in [0.1, 0.15) is 13.3 Å². The number of esters is 1. The lowest BCUT2D eigenvalue weighted by Crippen LogP contribution is -2.37. The molecule has 108 valence electrons. The Morgan fingerprint density at radius 2 is 1.72 bits per heavy atom. The van der Waals surface area contributed by atoms with Crippen LogP contribution in [0.15, 0.2) is 0 Å². The normalized spacial score (nSPS) is 15.2. The van der Waals surface area contributed by atoms with Gasteiger partial charge >= 0.3 is 5.97 Å². The molecule has 0 aliphatic rings. The maximum Gasteiger partial charge on any atom is 0.302 e. The fourth-order valence-corrected chi connectivity index (χ4v) is 1.65. The Hall–Kier alpha value is -0.460. The van der Waals surface area contributed by atoms with Crippen molar-refractivity contribution in [2.75, 3.05) is 47.5 Å². The van der Waals surface area contributed by atoms with Crippen LogP contribution in [-0.4, -0.2) is 58.0 Å². The van der Waals surface area contributed by atoms with E-state index in [-0.39, 0.29) is 19.8 Å². The molecule has 8 heteroatoms. The lowest BCUT2D eigenvalue weighted by molar-refractivity contribution is -0.870. The molecule has 18 heavy (non-hydrogen) atoms. The maximum atomic E-state index is 11.3. The van der Waals surface area contributed by atoms with Gasteiger partial charge in [-0.2, -0.15) is 0 Å². The van der Waals surface area contributed by atoms with E-state index in [0.717, 1.165) is 0 Å². The molecule has 0 aromatic carbocycles. The second-order valence-corrected chi connectivity index (χ2v) is 6.23. The molecule has 1 unspecified atom stereocenters. The lowest BCUT2D eigenvalue weighted by atomic mass is 10.5. The highest BCUT2D eigenvalue weighted by atomic mass is 31.2. The molecule has 0 aliphatic heterocycles. The molecule has 0 saturated heterocycles. The standard InChI is InChI=1S/C10H22NO6P/c1-10(12)15-7-5-8-16-18(13,14)17-9-6-11(2,3)4/h5-9H2,1-4H3. The average molecular weight is 283 g/mol. The number of hydrogen-bond acceptors (Lipinski definition) is 6. The number of rotatable bonds is 9. The molecular formula is C10H22NO6P. The molecule has 0 saturated carbocycles. The van der Waals surface area contributed by atoms with Crippen LogP contribution in [0.4, 0.5) is 0 Å². The summed E-state index contributed by atoms with van der Waals surface area (Å²) < 4.78 is 25.8. The van der Waals surface area contributed by atoms with E-state index >= 15 is 0 Å². The van der Waals surface area contributed by atoms with Crippen molar-refractivity contribution in [3.8, 4) is 0 Å². The van der Waals surface area contributed by atoms with E-state index in [4.69, 9.17) is 0 Å².